The molecule has 0 radical (unpaired) electrons. The maximum Gasteiger partial charge on any atom is 0.251 e. The quantitative estimate of drug-likeness (QED) is 0.517. The topological polar surface area (TPSA) is 46.9 Å². The van der Waals surface area contributed by atoms with Crippen molar-refractivity contribution in [2.75, 3.05) is 6.54 Å². The Morgan fingerprint density at radius 1 is 0.926 bits per heavy atom. The van der Waals surface area contributed by atoms with E-state index in [-0.39, 0.29) is 5.91 Å². The van der Waals surface area contributed by atoms with Crippen LogP contribution in [0.5, 0.6) is 0 Å². The number of amides is 1. The van der Waals surface area contributed by atoms with Gasteiger partial charge in [-0.05, 0) is 23.3 Å². The van der Waals surface area contributed by atoms with E-state index in [9.17, 15) is 4.79 Å². The Balaban J connectivity index is 1.37. The summed E-state index contributed by atoms with van der Waals surface area (Å²) in [6.45, 7) is 1.43. The molecule has 1 amide bonds. The van der Waals surface area contributed by atoms with Crippen molar-refractivity contribution in [3.05, 3.63) is 90.8 Å². The van der Waals surface area contributed by atoms with Gasteiger partial charge in [0, 0.05) is 36.6 Å². The number of fused-ring (bicyclic) bond motifs is 1. The highest BCUT2D eigenvalue weighted by molar-refractivity contribution is 6.06. The molecule has 0 atom stereocenters. The zero-order chi connectivity index (χ0) is 18.5. The van der Waals surface area contributed by atoms with Crippen molar-refractivity contribution in [3.8, 4) is 11.4 Å². The van der Waals surface area contributed by atoms with Crippen molar-refractivity contribution in [3.63, 3.8) is 0 Å². The molecule has 4 rings (SSSR count). The standard InChI is InChI=1S/C23H21N3O/c27-23(21-13-6-11-18-8-4-5-12-20(18)21)25-14-7-16-26-17-15-24-22(26)19-9-2-1-3-10-19/h1-6,8-13,15,17H,7,14,16H2,(H,25,27). The summed E-state index contributed by atoms with van der Waals surface area (Å²) in [7, 11) is 0. The fourth-order valence-electron chi connectivity index (χ4n) is 3.31. The molecule has 4 nitrogen and oxygen atoms in total. The number of carbonyl (C=O) groups is 1. The van der Waals surface area contributed by atoms with E-state index in [1.807, 2.05) is 73.1 Å². The van der Waals surface area contributed by atoms with Gasteiger partial charge in [-0.2, -0.15) is 0 Å². The van der Waals surface area contributed by atoms with E-state index in [4.69, 9.17) is 0 Å². The lowest BCUT2D eigenvalue weighted by molar-refractivity contribution is 0.0954. The van der Waals surface area contributed by atoms with Crippen LogP contribution in [-0.2, 0) is 6.54 Å². The number of imidazole rings is 1. The molecule has 1 N–H and O–H groups in total. The van der Waals surface area contributed by atoms with E-state index in [2.05, 4.69) is 27.0 Å². The van der Waals surface area contributed by atoms with Crippen molar-refractivity contribution in [2.24, 2.45) is 0 Å². The largest absolute Gasteiger partial charge is 0.352 e. The van der Waals surface area contributed by atoms with Crippen LogP contribution in [-0.4, -0.2) is 22.0 Å². The first-order valence-electron chi connectivity index (χ1n) is 9.15. The molecule has 4 heteroatoms. The Morgan fingerprint density at radius 3 is 2.59 bits per heavy atom. The molecule has 134 valence electrons. The monoisotopic (exact) mass is 355 g/mol. The molecule has 4 aromatic rings. The third kappa shape index (κ3) is 3.75. The maximum atomic E-state index is 12.6. The minimum Gasteiger partial charge on any atom is -0.352 e. The van der Waals surface area contributed by atoms with Gasteiger partial charge in [-0.3, -0.25) is 4.79 Å². The van der Waals surface area contributed by atoms with Gasteiger partial charge in [-0.1, -0.05) is 66.7 Å². The van der Waals surface area contributed by atoms with Crippen LogP contribution in [0, 0.1) is 0 Å². The molecular weight excluding hydrogens is 334 g/mol. The minimum atomic E-state index is -0.0271. The van der Waals surface area contributed by atoms with Crippen LogP contribution in [0.1, 0.15) is 16.8 Å². The Bertz CT molecular complexity index is 1050. The van der Waals surface area contributed by atoms with E-state index in [1.54, 1.807) is 0 Å². The molecule has 0 aliphatic carbocycles. The van der Waals surface area contributed by atoms with Crippen LogP contribution in [0.15, 0.2) is 85.2 Å². The highest BCUT2D eigenvalue weighted by Gasteiger charge is 2.09. The molecule has 1 heterocycles. The summed E-state index contributed by atoms with van der Waals surface area (Å²) in [5, 5.41) is 5.10. The Labute approximate surface area is 158 Å². The van der Waals surface area contributed by atoms with E-state index < -0.39 is 0 Å². The van der Waals surface area contributed by atoms with Crippen LogP contribution >= 0.6 is 0 Å². The highest BCUT2D eigenvalue weighted by atomic mass is 16.1. The lowest BCUT2D eigenvalue weighted by atomic mass is 10.0. The normalized spacial score (nSPS) is 10.8. The summed E-state index contributed by atoms with van der Waals surface area (Å²) < 4.78 is 2.12. The second-order valence-electron chi connectivity index (χ2n) is 6.45. The molecule has 27 heavy (non-hydrogen) atoms. The summed E-state index contributed by atoms with van der Waals surface area (Å²) in [4.78, 5) is 17.0. The second-order valence-corrected chi connectivity index (χ2v) is 6.45. The van der Waals surface area contributed by atoms with E-state index >= 15 is 0 Å². The van der Waals surface area contributed by atoms with Gasteiger partial charge in [0.25, 0.3) is 5.91 Å². The molecule has 0 unspecified atom stereocenters. The second kappa shape index (κ2) is 7.87. The van der Waals surface area contributed by atoms with E-state index in [1.165, 1.54) is 0 Å². The molecular formula is C23H21N3O. The van der Waals surface area contributed by atoms with Crippen molar-refractivity contribution < 1.29 is 4.79 Å². The number of aromatic nitrogens is 2. The van der Waals surface area contributed by atoms with Gasteiger partial charge >= 0.3 is 0 Å². The summed E-state index contributed by atoms with van der Waals surface area (Å²) in [6, 6.07) is 23.9. The number of carbonyl (C=O) groups excluding carboxylic acids is 1. The predicted octanol–water partition coefficient (Wildman–Crippen LogP) is 4.52. The number of benzene rings is 3. The number of hydrogen-bond donors (Lipinski definition) is 1. The zero-order valence-corrected chi connectivity index (χ0v) is 15.0. The SMILES string of the molecule is O=C(NCCCn1ccnc1-c1ccccc1)c1cccc2ccccc12. The van der Waals surface area contributed by atoms with E-state index in [0.29, 0.717) is 6.54 Å². The van der Waals surface area contributed by atoms with Crippen molar-refractivity contribution in [2.45, 2.75) is 13.0 Å². The van der Waals surface area contributed by atoms with Crippen LogP contribution < -0.4 is 5.32 Å². The van der Waals surface area contributed by atoms with Crippen molar-refractivity contribution in [1.29, 1.82) is 0 Å². The summed E-state index contributed by atoms with van der Waals surface area (Å²) in [6.07, 6.45) is 4.64. The van der Waals surface area contributed by atoms with Crippen molar-refractivity contribution in [1.82, 2.24) is 14.9 Å². The molecule has 0 saturated carbocycles. The first-order chi connectivity index (χ1) is 13.3. The maximum absolute atomic E-state index is 12.6. The number of aryl methyl sites for hydroxylation is 1. The lowest BCUT2D eigenvalue weighted by Gasteiger charge is -2.10. The highest BCUT2D eigenvalue weighted by Crippen LogP contribution is 2.19. The van der Waals surface area contributed by atoms with Gasteiger partial charge in [0.2, 0.25) is 0 Å². The molecule has 0 saturated heterocycles. The smallest absolute Gasteiger partial charge is 0.251 e. The van der Waals surface area contributed by atoms with E-state index in [0.717, 1.165) is 40.7 Å². The van der Waals surface area contributed by atoms with Crippen LogP contribution in [0.25, 0.3) is 22.2 Å². The average Bonchev–Trinajstić information content (AvgIpc) is 3.20. The summed E-state index contributed by atoms with van der Waals surface area (Å²) in [5.41, 5.74) is 1.82. The molecule has 0 fully saturated rings. The fourth-order valence-corrected chi connectivity index (χ4v) is 3.31. The molecule has 0 aliphatic heterocycles. The van der Waals surface area contributed by atoms with Crippen LogP contribution in [0.2, 0.25) is 0 Å². The summed E-state index contributed by atoms with van der Waals surface area (Å²) in [5.74, 6) is 0.927. The first kappa shape index (κ1) is 17.0. The van der Waals surface area contributed by atoms with Gasteiger partial charge in [-0.25, -0.2) is 4.98 Å². The Hall–Kier alpha value is -3.40. The predicted molar refractivity (Wildman–Crippen MR) is 109 cm³/mol. The molecule has 0 aliphatic rings. The third-order valence-corrected chi connectivity index (χ3v) is 4.64. The molecule has 0 spiro atoms. The van der Waals surface area contributed by atoms with Crippen LogP contribution in [0.3, 0.4) is 0 Å². The van der Waals surface area contributed by atoms with Gasteiger partial charge in [0.1, 0.15) is 5.82 Å². The molecule has 0 bridgehead atoms. The number of nitrogens with one attached hydrogen (secondary N) is 1. The molecule has 1 aromatic heterocycles. The van der Waals surface area contributed by atoms with Gasteiger partial charge in [-0.15, -0.1) is 0 Å². The van der Waals surface area contributed by atoms with Gasteiger partial charge in [0.05, 0.1) is 0 Å². The minimum absolute atomic E-state index is 0.0271. The summed E-state index contributed by atoms with van der Waals surface area (Å²) >= 11 is 0. The average molecular weight is 355 g/mol. The van der Waals surface area contributed by atoms with Gasteiger partial charge in [0.15, 0.2) is 0 Å². The van der Waals surface area contributed by atoms with Crippen molar-refractivity contribution >= 4 is 16.7 Å². The Kier molecular flexibility index (Phi) is 4.97. The zero-order valence-electron chi connectivity index (χ0n) is 15.0. The first-order valence-corrected chi connectivity index (χ1v) is 9.15. The fraction of sp³-hybridized carbons (Fsp3) is 0.130. The number of hydrogen-bond acceptors (Lipinski definition) is 2. The number of rotatable bonds is 6. The van der Waals surface area contributed by atoms with Crippen LogP contribution in [0.4, 0.5) is 0 Å². The Morgan fingerprint density at radius 2 is 1.70 bits per heavy atom. The molecule has 3 aromatic carbocycles. The van der Waals surface area contributed by atoms with Gasteiger partial charge < -0.3 is 9.88 Å². The number of nitrogens with zero attached hydrogens (tertiary/aromatic N) is 2. The lowest BCUT2D eigenvalue weighted by Crippen LogP contribution is -2.25. The third-order valence-electron chi connectivity index (χ3n) is 4.64.